The van der Waals surface area contributed by atoms with Crippen LogP contribution in [0, 0.1) is 6.92 Å². The summed E-state index contributed by atoms with van der Waals surface area (Å²) in [6, 6.07) is 0. The highest BCUT2D eigenvalue weighted by atomic mass is 15.4. The zero-order valence-corrected chi connectivity index (χ0v) is 7.89. The second-order valence-corrected chi connectivity index (χ2v) is 3.13. The topological polar surface area (TPSA) is 46.3 Å². The number of hydrogen-bond donors (Lipinski definition) is 0. The maximum Gasteiger partial charge on any atom is 0.228 e. The van der Waals surface area contributed by atoms with E-state index >= 15 is 0 Å². The van der Waals surface area contributed by atoms with E-state index in [4.69, 9.17) is 0 Å². The zero-order valence-electron chi connectivity index (χ0n) is 7.89. The highest BCUT2D eigenvalue weighted by Gasteiger charge is 2.07. The number of aryl methyl sites for hydroxylation is 1. The van der Waals surface area contributed by atoms with Crippen molar-refractivity contribution in [1.82, 2.24) is 19.6 Å². The predicted molar refractivity (Wildman–Crippen MR) is 49.8 cm³/mol. The molecule has 0 aromatic carbocycles. The molecule has 13 heavy (non-hydrogen) atoms. The van der Waals surface area contributed by atoms with Crippen LogP contribution in [0.2, 0.25) is 0 Å². The van der Waals surface area contributed by atoms with Crippen LogP contribution >= 0.6 is 0 Å². The Labute approximate surface area is 76.0 Å². The van der Waals surface area contributed by atoms with Gasteiger partial charge in [-0.3, -0.25) is 0 Å². The molecular formula is C8H11N5. The third-order valence-corrected chi connectivity index (χ3v) is 1.86. The monoisotopic (exact) mass is 177 g/mol. The minimum Gasteiger partial charge on any atom is -0.347 e. The first-order valence-corrected chi connectivity index (χ1v) is 4.03. The third-order valence-electron chi connectivity index (χ3n) is 1.86. The highest BCUT2D eigenvalue weighted by Crippen LogP contribution is 2.11. The smallest absolute Gasteiger partial charge is 0.228 e. The van der Waals surface area contributed by atoms with E-state index in [9.17, 15) is 0 Å². The Balaban J connectivity index is 2.78. The summed E-state index contributed by atoms with van der Waals surface area (Å²) in [5.74, 6) is 0.790. The largest absolute Gasteiger partial charge is 0.347 e. The molecule has 2 aromatic rings. The molecule has 2 aromatic heterocycles. The van der Waals surface area contributed by atoms with E-state index in [1.54, 1.807) is 10.7 Å². The lowest BCUT2D eigenvalue weighted by atomic mass is 10.4. The molecule has 2 heterocycles. The van der Waals surface area contributed by atoms with Crippen LogP contribution in [0.1, 0.15) is 5.56 Å². The predicted octanol–water partition coefficient (Wildman–Crippen LogP) is 0.499. The van der Waals surface area contributed by atoms with E-state index in [-0.39, 0.29) is 0 Å². The van der Waals surface area contributed by atoms with Crippen molar-refractivity contribution < 1.29 is 0 Å². The van der Waals surface area contributed by atoms with Crippen molar-refractivity contribution in [2.75, 3.05) is 19.0 Å². The van der Waals surface area contributed by atoms with Gasteiger partial charge in [0.05, 0.1) is 0 Å². The van der Waals surface area contributed by atoms with Gasteiger partial charge < -0.3 is 4.90 Å². The molecule has 0 saturated heterocycles. The van der Waals surface area contributed by atoms with E-state index in [0.29, 0.717) is 0 Å². The van der Waals surface area contributed by atoms with Crippen LogP contribution in [0.4, 0.5) is 5.95 Å². The van der Waals surface area contributed by atoms with E-state index < -0.39 is 0 Å². The fourth-order valence-corrected chi connectivity index (χ4v) is 1.23. The lowest BCUT2D eigenvalue weighted by molar-refractivity contribution is 0.866. The maximum absolute atomic E-state index is 4.26. The second kappa shape index (κ2) is 2.69. The first kappa shape index (κ1) is 7.97. The molecule has 0 radical (unpaired) electrons. The molecule has 0 bridgehead atoms. The van der Waals surface area contributed by atoms with Crippen LogP contribution in [0.25, 0.3) is 5.65 Å². The Morgan fingerprint density at radius 3 is 2.77 bits per heavy atom. The van der Waals surface area contributed by atoms with Crippen molar-refractivity contribution >= 4 is 11.6 Å². The Morgan fingerprint density at radius 1 is 1.31 bits per heavy atom. The van der Waals surface area contributed by atoms with Gasteiger partial charge in [-0.05, 0) is 6.92 Å². The molecule has 5 nitrogen and oxygen atoms in total. The Hall–Kier alpha value is -1.65. The van der Waals surface area contributed by atoms with E-state index in [2.05, 4.69) is 15.1 Å². The molecule has 0 N–H and O–H groups in total. The van der Waals surface area contributed by atoms with Gasteiger partial charge in [-0.2, -0.15) is 9.61 Å². The van der Waals surface area contributed by atoms with Crippen molar-refractivity contribution in [2.45, 2.75) is 6.92 Å². The number of nitrogens with zero attached hydrogens (tertiary/aromatic N) is 5. The summed E-state index contributed by atoms with van der Waals surface area (Å²) < 4.78 is 1.73. The first-order valence-electron chi connectivity index (χ1n) is 4.03. The molecule has 0 spiro atoms. The number of fused-ring (bicyclic) bond motifs is 1. The van der Waals surface area contributed by atoms with Gasteiger partial charge in [0.25, 0.3) is 0 Å². The van der Waals surface area contributed by atoms with Gasteiger partial charge in [-0.25, -0.2) is 9.97 Å². The minimum atomic E-state index is 0.790. The minimum absolute atomic E-state index is 0.790. The van der Waals surface area contributed by atoms with Crippen LogP contribution < -0.4 is 4.90 Å². The zero-order chi connectivity index (χ0) is 9.42. The van der Waals surface area contributed by atoms with Crippen molar-refractivity contribution in [3.05, 3.63) is 18.1 Å². The third kappa shape index (κ3) is 1.12. The van der Waals surface area contributed by atoms with Gasteiger partial charge in [0.15, 0.2) is 5.65 Å². The Kier molecular flexibility index (Phi) is 1.65. The summed E-state index contributed by atoms with van der Waals surface area (Å²) in [6.07, 6.45) is 3.34. The van der Waals surface area contributed by atoms with Crippen molar-refractivity contribution in [1.29, 1.82) is 0 Å². The maximum atomic E-state index is 4.26. The van der Waals surface area contributed by atoms with E-state index in [1.807, 2.05) is 25.9 Å². The van der Waals surface area contributed by atoms with Gasteiger partial charge in [-0.1, -0.05) is 0 Å². The van der Waals surface area contributed by atoms with Gasteiger partial charge in [0.2, 0.25) is 5.95 Å². The lowest BCUT2D eigenvalue weighted by Gasteiger charge is -2.11. The number of anilines is 1. The van der Waals surface area contributed by atoms with Crippen LogP contribution in [-0.2, 0) is 0 Å². The quantitative estimate of drug-likeness (QED) is 0.636. The van der Waals surface area contributed by atoms with Gasteiger partial charge in [-0.15, -0.1) is 0 Å². The standard InChI is InChI=1S/C8H11N5/c1-6-4-9-8(12(2)3)13-7(6)10-5-11-13/h4-5H,1-3H3. The molecule has 2 rings (SSSR count). The van der Waals surface area contributed by atoms with Crippen molar-refractivity contribution in [2.24, 2.45) is 0 Å². The first-order chi connectivity index (χ1) is 6.20. The average Bonchev–Trinajstić information content (AvgIpc) is 2.53. The summed E-state index contributed by atoms with van der Waals surface area (Å²) in [7, 11) is 3.86. The number of aromatic nitrogens is 4. The van der Waals surface area contributed by atoms with Crippen LogP contribution in [0.15, 0.2) is 12.5 Å². The average molecular weight is 177 g/mol. The second-order valence-electron chi connectivity index (χ2n) is 3.13. The van der Waals surface area contributed by atoms with Crippen LogP contribution in [0.3, 0.4) is 0 Å². The molecule has 5 heteroatoms. The Bertz CT molecular complexity index is 431. The van der Waals surface area contributed by atoms with Crippen LogP contribution in [0.5, 0.6) is 0 Å². The van der Waals surface area contributed by atoms with E-state index in [1.165, 1.54) is 6.33 Å². The number of rotatable bonds is 1. The van der Waals surface area contributed by atoms with Crippen LogP contribution in [-0.4, -0.2) is 33.7 Å². The molecule has 0 saturated carbocycles. The Morgan fingerprint density at radius 2 is 2.08 bits per heavy atom. The molecule has 68 valence electrons. The fraction of sp³-hybridized carbons (Fsp3) is 0.375. The van der Waals surface area contributed by atoms with Gasteiger partial charge >= 0.3 is 0 Å². The summed E-state index contributed by atoms with van der Waals surface area (Å²) in [5, 5.41) is 4.10. The summed E-state index contributed by atoms with van der Waals surface area (Å²) in [6.45, 7) is 1.97. The van der Waals surface area contributed by atoms with Gasteiger partial charge in [0.1, 0.15) is 6.33 Å². The van der Waals surface area contributed by atoms with Gasteiger partial charge in [0, 0.05) is 25.9 Å². The highest BCUT2D eigenvalue weighted by molar-refractivity contribution is 5.49. The molecule has 0 aliphatic heterocycles. The lowest BCUT2D eigenvalue weighted by Crippen LogP contribution is -2.15. The van der Waals surface area contributed by atoms with Crippen molar-refractivity contribution in [3.8, 4) is 0 Å². The fourth-order valence-electron chi connectivity index (χ4n) is 1.23. The number of hydrogen-bond acceptors (Lipinski definition) is 4. The molecule has 0 atom stereocenters. The molecule has 0 aliphatic carbocycles. The summed E-state index contributed by atoms with van der Waals surface area (Å²) in [4.78, 5) is 10.3. The molecule has 0 amide bonds. The molecule has 0 fully saturated rings. The normalized spacial score (nSPS) is 10.7. The van der Waals surface area contributed by atoms with Crippen molar-refractivity contribution in [3.63, 3.8) is 0 Å². The molecular weight excluding hydrogens is 166 g/mol. The molecule has 0 aliphatic rings. The summed E-state index contributed by atoms with van der Waals surface area (Å²) in [5.41, 5.74) is 1.89. The van der Waals surface area contributed by atoms with E-state index in [0.717, 1.165) is 17.2 Å². The summed E-state index contributed by atoms with van der Waals surface area (Å²) >= 11 is 0. The SMILES string of the molecule is Cc1cnc(N(C)C)n2ncnc12. The molecule has 0 unspecified atom stereocenters.